The molecule has 0 atom stereocenters. The lowest BCUT2D eigenvalue weighted by Gasteiger charge is -2.09. The van der Waals surface area contributed by atoms with Crippen molar-refractivity contribution >= 4 is 28.9 Å². The molecule has 0 aromatic carbocycles. The molecular weight excluding hydrogens is 291 g/mol. The molecule has 0 aliphatic heterocycles. The number of nitrogens with zero attached hydrogens (tertiary/aromatic N) is 3. The van der Waals surface area contributed by atoms with Crippen molar-refractivity contribution in [2.75, 3.05) is 7.11 Å². The molecule has 0 saturated heterocycles. The first-order valence-corrected chi connectivity index (χ1v) is 5.08. The number of hydrogen-bond acceptors (Lipinski definition) is 5. The summed E-state index contributed by atoms with van der Waals surface area (Å²) in [5.41, 5.74) is -0.467. The fraction of sp³-hybridized carbons (Fsp3) is 0.222. The molecule has 0 spiro atoms. The molecule has 10 heteroatoms. The number of ether oxygens (including phenoxy) is 1. The number of aromatic nitrogens is 3. The summed E-state index contributed by atoms with van der Waals surface area (Å²) in [4.78, 5) is 22.2. The van der Waals surface area contributed by atoms with Crippen LogP contribution in [0.1, 0.15) is 5.82 Å². The fourth-order valence-electron chi connectivity index (χ4n) is 1.30. The van der Waals surface area contributed by atoms with Gasteiger partial charge in [0.2, 0.25) is 0 Å². The zero-order valence-electron chi connectivity index (χ0n) is 9.23. The van der Waals surface area contributed by atoms with E-state index < -0.39 is 18.2 Å². The zero-order chi connectivity index (χ0) is 14.2. The molecule has 0 unspecified atom stereocenters. The average Bonchev–Trinajstić information content (AvgIpc) is 2.67. The van der Waals surface area contributed by atoms with Gasteiger partial charge in [0.15, 0.2) is 5.65 Å². The molecule has 0 radical (unpaired) electrons. The second-order valence-corrected chi connectivity index (χ2v) is 3.71. The Balaban J connectivity index is 2.66. The average molecular weight is 296 g/mol. The predicted molar refractivity (Wildman–Crippen MR) is 56.5 cm³/mol. The number of fused-ring (bicyclic) bond motifs is 1. The van der Waals surface area contributed by atoms with Crippen LogP contribution in [0.15, 0.2) is 12.3 Å². The minimum Gasteiger partial charge on any atom is -0.436 e. The van der Waals surface area contributed by atoms with Gasteiger partial charge in [0, 0.05) is 6.20 Å². The van der Waals surface area contributed by atoms with Crippen LogP contribution >= 0.6 is 11.6 Å². The quantitative estimate of drug-likeness (QED) is 0.755. The first kappa shape index (κ1) is 13.4. The summed E-state index contributed by atoms with van der Waals surface area (Å²) < 4.78 is 42.6. The second kappa shape index (κ2) is 4.57. The van der Waals surface area contributed by atoms with Crippen LogP contribution < -0.4 is 4.84 Å². The Morgan fingerprint density at radius 2 is 2.16 bits per heavy atom. The van der Waals surface area contributed by atoms with Gasteiger partial charge in [-0.15, -0.1) is 4.73 Å². The van der Waals surface area contributed by atoms with Crippen LogP contribution in [0.4, 0.5) is 18.0 Å². The second-order valence-electron chi connectivity index (χ2n) is 3.27. The third kappa shape index (κ3) is 2.55. The van der Waals surface area contributed by atoms with Gasteiger partial charge in [-0.25, -0.2) is 14.8 Å². The molecule has 6 nitrogen and oxygen atoms in total. The maximum Gasteiger partial charge on any atom is 0.533 e. The molecule has 0 bridgehead atoms. The number of alkyl halides is 3. The van der Waals surface area contributed by atoms with E-state index in [1.54, 1.807) is 0 Å². The minimum absolute atomic E-state index is 0.0656. The van der Waals surface area contributed by atoms with Gasteiger partial charge in [-0.1, -0.05) is 11.6 Å². The molecular formula is C9H5ClF3N3O3. The van der Waals surface area contributed by atoms with Crippen LogP contribution in [-0.2, 0) is 10.9 Å². The molecule has 0 aliphatic carbocycles. The third-order valence-electron chi connectivity index (χ3n) is 2.02. The Kier molecular flexibility index (Phi) is 3.23. The van der Waals surface area contributed by atoms with E-state index in [1.807, 2.05) is 0 Å². The Morgan fingerprint density at radius 3 is 2.74 bits per heavy atom. The van der Waals surface area contributed by atoms with E-state index in [2.05, 4.69) is 19.5 Å². The molecule has 2 aromatic heterocycles. The Labute approximate surface area is 108 Å². The molecule has 0 amide bonds. The summed E-state index contributed by atoms with van der Waals surface area (Å²) in [7, 11) is 0.958. The highest BCUT2D eigenvalue weighted by atomic mass is 35.5. The van der Waals surface area contributed by atoms with E-state index in [0.29, 0.717) is 0 Å². The highest BCUT2D eigenvalue weighted by Gasteiger charge is 2.39. The van der Waals surface area contributed by atoms with Crippen molar-refractivity contribution in [1.29, 1.82) is 0 Å². The zero-order valence-corrected chi connectivity index (χ0v) is 9.99. The van der Waals surface area contributed by atoms with Gasteiger partial charge in [-0.2, -0.15) is 13.2 Å². The van der Waals surface area contributed by atoms with E-state index in [9.17, 15) is 18.0 Å². The minimum atomic E-state index is -4.83. The van der Waals surface area contributed by atoms with Gasteiger partial charge >= 0.3 is 12.3 Å². The van der Waals surface area contributed by atoms with Crippen LogP contribution in [-0.4, -0.2) is 28.0 Å². The van der Waals surface area contributed by atoms with Crippen molar-refractivity contribution in [3.05, 3.63) is 23.1 Å². The van der Waals surface area contributed by atoms with Crippen molar-refractivity contribution in [3.8, 4) is 0 Å². The Bertz CT molecular complexity index is 641. The molecule has 0 aliphatic rings. The highest BCUT2D eigenvalue weighted by molar-refractivity contribution is 6.31. The van der Waals surface area contributed by atoms with Gasteiger partial charge in [-0.05, 0) is 6.07 Å². The van der Waals surface area contributed by atoms with Crippen LogP contribution in [0.25, 0.3) is 11.2 Å². The molecule has 2 aromatic rings. The molecule has 0 saturated carbocycles. The molecule has 2 heterocycles. The van der Waals surface area contributed by atoms with Crippen molar-refractivity contribution in [2.24, 2.45) is 0 Å². The number of pyridine rings is 1. The van der Waals surface area contributed by atoms with E-state index in [1.165, 1.54) is 0 Å². The van der Waals surface area contributed by atoms with Gasteiger partial charge in [0.25, 0.3) is 5.82 Å². The molecule has 0 N–H and O–H groups in total. The lowest BCUT2D eigenvalue weighted by Crippen LogP contribution is -2.25. The lowest BCUT2D eigenvalue weighted by atomic mass is 10.4. The van der Waals surface area contributed by atoms with Crippen molar-refractivity contribution in [1.82, 2.24) is 14.7 Å². The number of imidazole rings is 1. The van der Waals surface area contributed by atoms with Gasteiger partial charge in [-0.3, -0.25) is 4.84 Å². The Hall–Kier alpha value is -2.03. The van der Waals surface area contributed by atoms with Crippen LogP contribution in [0.3, 0.4) is 0 Å². The van der Waals surface area contributed by atoms with Crippen molar-refractivity contribution in [3.63, 3.8) is 0 Å². The lowest BCUT2D eigenvalue weighted by molar-refractivity contribution is -0.153. The van der Waals surface area contributed by atoms with E-state index in [4.69, 9.17) is 11.6 Å². The van der Waals surface area contributed by atoms with E-state index in [-0.39, 0.29) is 20.9 Å². The van der Waals surface area contributed by atoms with Gasteiger partial charge < -0.3 is 4.74 Å². The van der Waals surface area contributed by atoms with Gasteiger partial charge in [0.05, 0.1) is 12.1 Å². The molecule has 102 valence electrons. The maximum absolute atomic E-state index is 12.8. The summed E-state index contributed by atoms with van der Waals surface area (Å²) in [5.74, 6) is -1.44. The number of halogens is 4. The monoisotopic (exact) mass is 295 g/mol. The SMILES string of the molecule is COC(=O)On1c(C(F)(F)F)nc2ncc(Cl)cc21. The summed E-state index contributed by atoms with van der Waals surface area (Å²) in [6.07, 6.45) is -5.04. The normalized spacial score (nSPS) is 11.6. The van der Waals surface area contributed by atoms with Gasteiger partial charge in [0.1, 0.15) is 5.52 Å². The van der Waals surface area contributed by atoms with Crippen LogP contribution in [0.2, 0.25) is 5.02 Å². The number of carbonyl (C=O) groups excluding carboxylic acids is 1. The maximum atomic E-state index is 12.8. The largest absolute Gasteiger partial charge is 0.533 e. The summed E-state index contributed by atoms with van der Waals surface area (Å²) in [6, 6.07) is 1.13. The van der Waals surface area contributed by atoms with Crippen LogP contribution in [0, 0.1) is 0 Å². The fourth-order valence-corrected chi connectivity index (χ4v) is 1.45. The van der Waals surface area contributed by atoms with E-state index in [0.717, 1.165) is 19.4 Å². The van der Waals surface area contributed by atoms with E-state index >= 15 is 0 Å². The first-order valence-electron chi connectivity index (χ1n) is 4.70. The highest BCUT2D eigenvalue weighted by Crippen LogP contribution is 2.31. The molecule has 2 rings (SSSR count). The topological polar surface area (TPSA) is 66.2 Å². The first-order chi connectivity index (χ1) is 8.82. The Morgan fingerprint density at radius 1 is 1.47 bits per heavy atom. The van der Waals surface area contributed by atoms with Crippen molar-refractivity contribution in [2.45, 2.75) is 6.18 Å². The predicted octanol–water partition coefficient (Wildman–Crippen LogP) is 2.30. The van der Waals surface area contributed by atoms with Crippen LogP contribution in [0.5, 0.6) is 0 Å². The number of hydrogen-bond donors (Lipinski definition) is 0. The molecule has 19 heavy (non-hydrogen) atoms. The summed E-state index contributed by atoms with van der Waals surface area (Å²) >= 11 is 5.63. The number of methoxy groups -OCH3 is 1. The summed E-state index contributed by atoms with van der Waals surface area (Å²) in [6.45, 7) is 0. The third-order valence-corrected chi connectivity index (χ3v) is 2.23. The smallest absolute Gasteiger partial charge is 0.436 e. The number of rotatable bonds is 1. The summed E-state index contributed by atoms with van der Waals surface area (Å²) in [5, 5.41) is 0.0656. The standard InChI is InChI=1S/C9H5ClF3N3O3/c1-18-8(17)19-16-5-2-4(10)3-14-6(5)15-7(16)9(11,12)13/h2-3H,1H3. The molecule has 0 fully saturated rings. The van der Waals surface area contributed by atoms with Crippen molar-refractivity contribution < 1.29 is 27.5 Å². The number of carbonyl (C=O) groups is 1.